The number of ether oxygens (including phenoxy) is 1. The number of aromatic hydroxyl groups is 1. The summed E-state index contributed by atoms with van der Waals surface area (Å²) >= 11 is 12.2. The van der Waals surface area contributed by atoms with E-state index in [2.05, 4.69) is 51.4 Å². The van der Waals surface area contributed by atoms with Gasteiger partial charge in [0.15, 0.2) is 11.6 Å². The molecule has 1 aromatic carbocycles. The van der Waals surface area contributed by atoms with Gasteiger partial charge in [0.2, 0.25) is 5.28 Å². The molecule has 2 N–H and O–H groups in total. The molecule has 160 valence electrons. The van der Waals surface area contributed by atoms with Crippen molar-refractivity contribution < 1.29 is 9.84 Å². The molecule has 0 amide bonds. The van der Waals surface area contributed by atoms with Crippen molar-refractivity contribution in [2.24, 2.45) is 0 Å². The average Bonchev–Trinajstić information content (AvgIpc) is 2.71. The van der Waals surface area contributed by atoms with E-state index in [9.17, 15) is 5.11 Å². The summed E-state index contributed by atoms with van der Waals surface area (Å²) in [5.74, 6) is 4.36. The molecule has 6 nitrogen and oxygen atoms in total. The van der Waals surface area contributed by atoms with Crippen molar-refractivity contribution in [3.63, 3.8) is 0 Å². The van der Waals surface area contributed by atoms with Crippen molar-refractivity contribution >= 4 is 42.9 Å². The number of aromatic nitrogens is 3. The Bertz CT molecular complexity index is 1150. The number of benzene rings is 1. The number of rotatable bonds is 5. The van der Waals surface area contributed by atoms with Crippen LogP contribution in [0.1, 0.15) is 16.8 Å². The SMILES string of the molecule is COc1ccc(Cc2nc(Cl)nc(Nc3ncc(Cl)cc3C#C[Si](C)(C)C)c2O)cc1. The minimum atomic E-state index is -1.62. The highest BCUT2D eigenvalue weighted by molar-refractivity contribution is 6.83. The quantitative estimate of drug-likeness (QED) is 0.291. The van der Waals surface area contributed by atoms with Crippen molar-refractivity contribution in [3.8, 4) is 23.0 Å². The standard InChI is InChI=1S/C22H22Cl2N4O2Si/c1-30-17-7-5-14(6-8-17)11-18-19(29)21(28-22(24)26-18)27-20-15(9-10-31(2,3)4)12-16(23)13-25-20/h5-8,12-13,29H,11H2,1-4H3,(H,25,26,27,28). The van der Waals surface area contributed by atoms with Gasteiger partial charge in [-0.05, 0) is 35.4 Å². The molecule has 2 aromatic heterocycles. The zero-order valence-corrected chi connectivity index (χ0v) is 20.1. The predicted octanol–water partition coefficient (Wildman–Crippen LogP) is 5.46. The van der Waals surface area contributed by atoms with E-state index in [1.54, 1.807) is 13.2 Å². The van der Waals surface area contributed by atoms with Crippen molar-refractivity contribution in [3.05, 3.63) is 63.7 Å². The lowest BCUT2D eigenvalue weighted by Crippen LogP contribution is -2.16. The second-order valence-corrected chi connectivity index (χ2v) is 13.4. The van der Waals surface area contributed by atoms with Crippen molar-refractivity contribution in [2.45, 2.75) is 26.1 Å². The Hall–Kier alpha value is -2.79. The summed E-state index contributed by atoms with van der Waals surface area (Å²) in [6.07, 6.45) is 1.87. The molecule has 0 aliphatic rings. The van der Waals surface area contributed by atoms with Crippen LogP contribution in [0.3, 0.4) is 0 Å². The maximum atomic E-state index is 10.8. The van der Waals surface area contributed by atoms with Gasteiger partial charge < -0.3 is 15.2 Å². The number of methoxy groups -OCH3 is 1. The molecule has 9 heteroatoms. The minimum Gasteiger partial charge on any atom is -0.503 e. The van der Waals surface area contributed by atoms with Crippen LogP contribution in [0, 0.1) is 11.5 Å². The molecular formula is C22H22Cl2N4O2Si. The molecule has 0 aliphatic carbocycles. The number of hydrogen-bond donors (Lipinski definition) is 2. The summed E-state index contributed by atoms with van der Waals surface area (Å²) in [6.45, 7) is 6.44. The van der Waals surface area contributed by atoms with E-state index < -0.39 is 8.07 Å². The number of hydrogen-bond acceptors (Lipinski definition) is 6. The van der Waals surface area contributed by atoms with Crippen LogP contribution in [-0.2, 0) is 6.42 Å². The zero-order valence-electron chi connectivity index (χ0n) is 17.6. The largest absolute Gasteiger partial charge is 0.503 e. The first-order chi connectivity index (χ1) is 14.6. The lowest BCUT2D eigenvalue weighted by atomic mass is 10.1. The Morgan fingerprint density at radius 3 is 2.45 bits per heavy atom. The fraction of sp³-hybridized carbons (Fsp3) is 0.227. The van der Waals surface area contributed by atoms with Gasteiger partial charge in [-0.1, -0.05) is 49.3 Å². The molecule has 31 heavy (non-hydrogen) atoms. The van der Waals surface area contributed by atoms with Crippen molar-refractivity contribution in [1.82, 2.24) is 15.0 Å². The van der Waals surface area contributed by atoms with Crippen LogP contribution in [0.2, 0.25) is 29.9 Å². The molecular weight excluding hydrogens is 451 g/mol. The van der Waals surface area contributed by atoms with Gasteiger partial charge in [0.25, 0.3) is 0 Å². The fourth-order valence-electron chi connectivity index (χ4n) is 2.62. The van der Waals surface area contributed by atoms with Gasteiger partial charge >= 0.3 is 0 Å². The highest BCUT2D eigenvalue weighted by Gasteiger charge is 2.16. The van der Waals surface area contributed by atoms with Gasteiger partial charge in [-0.15, -0.1) is 5.54 Å². The normalized spacial score (nSPS) is 10.9. The van der Waals surface area contributed by atoms with E-state index in [0.717, 1.165) is 11.3 Å². The highest BCUT2D eigenvalue weighted by atomic mass is 35.5. The number of nitrogens with one attached hydrogen (secondary N) is 1. The Balaban J connectivity index is 1.94. The summed E-state index contributed by atoms with van der Waals surface area (Å²) in [5, 5.41) is 14.3. The van der Waals surface area contributed by atoms with Gasteiger partial charge in [0.05, 0.1) is 23.4 Å². The molecule has 0 aliphatic heterocycles. The second kappa shape index (κ2) is 9.56. The van der Waals surface area contributed by atoms with E-state index in [0.29, 0.717) is 28.5 Å². The molecule has 0 unspecified atom stereocenters. The summed E-state index contributed by atoms with van der Waals surface area (Å²) in [6, 6.07) is 9.20. The fourth-order valence-corrected chi connectivity index (χ4v) is 3.47. The highest BCUT2D eigenvalue weighted by Crippen LogP contribution is 2.31. The van der Waals surface area contributed by atoms with Gasteiger partial charge in [-0.2, -0.15) is 4.98 Å². The predicted molar refractivity (Wildman–Crippen MR) is 127 cm³/mol. The van der Waals surface area contributed by atoms with Crippen LogP contribution in [0.5, 0.6) is 11.5 Å². The summed E-state index contributed by atoms with van der Waals surface area (Å²) < 4.78 is 5.18. The van der Waals surface area contributed by atoms with Gasteiger partial charge in [0.1, 0.15) is 19.6 Å². The molecule has 0 fully saturated rings. The van der Waals surface area contributed by atoms with Crippen LogP contribution in [0.4, 0.5) is 11.6 Å². The maximum absolute atomic E-state index is 10.8. The van der Waals surface area contributed by atoms with Crippen LogP contribution >= 0.6 is 23.2 Å². The Kier molecular flexibility index (Phi) is 7.06. The monoisotopic (exact) mass is 472 g/mol. The minimum absolute atomic E-state index is 0.00695. The Morgan fingerprint density at radius 2 is 1.81 bits per heavy atom. The summed E-state index contributed by atoms with van der Waals surface area (Å²) in [7, 11) is -0.00893. The molecule has 0 radical (unpaired) electrons. The summed E-state index contributed by atoms with van der Waals surface area (Å²) in [5.41, 5.74) is 5.22. The van der Waals surface area contributed by atoms with E-state index in [1.807, 2.05) is 24.3 Å². The number of pyridine rings is 1. The molecule has 0 saturated carbocycles. The maximum Gasteiger partial charge on any atom is 0.224 e. The molecule has 0 spiro atoms. The third-order valence-corrected chi connectivity index (χ3v) is 5.37. The van der Waals surface area contributed by atoms with Crippen LogP contribution in [0.25, 0.3) is 0 Å². The summed E-state index contributed by atoms with van der Waals surface area (Å²) in [4.78, 5) is 12.6. The zero-order chi connectivity index (χ0) is 22.6. The average molecular weight is 473 g/mol. The smallest absolute Gasteiger partial charge is 0.224 e. The third-order valence-electron chi connectivity index (χ3n) is 4.12. The number of halogens is 2. The van der Waals surface area contributed by atoms with E-state index >= 15 is 0 Å². The molecule has 3 rings (SSSR count). The van der Waals surface area contributed by atoms with Gasteiger partial charge in [-0.3, -0.25) is 0 Å². The number of anilines is 2. The van der Waals surface area contributed by atoms with Gasteiger partial charge in [-0.25, -0.2) is 9.97 Å². The second-order valence-electron chi connectivity index (χ2n) is 7.84. The molecule has 0 saturated heterocycles. The van der Waals surface area contributed by atoms with Gasteiger partial charge in [0, 0.05) is 12.6 Å². The molecule has 0 bridgehead atoms. The van der Waals surface area contributed by atoms with Crippen LogP contribution in [0.15, 0.2) is 36.5 Å². The van der Waals surface area contributed by atoms with E-state index in [-0.39, 0.29) is 16.9 Å². The first-order valence-corrected chi connectivity index (χ1v) is 13.7. The Morgan fingerprint density at radius 1 is 1.10 bits per heavy atom. The Labute approximate surface area is 192 Å². The van der Waals surface area contributed by atoms with Crippen LogP contribution in [-0.4, -0.2) is 35.2 Å². The van der Waals surface area contributed by atoms with E-state index in [1.165, 1.54) is 6.20 Å². The molecule has 2 heterocycles. The lowest BCUT2D eigenvalue weighted by molar-refractivity contribution is 0.414. The first-order valence-electron chi connectivity index (χ1n) is 9.48. The lowest BCUT2D eigenvalue weighted by Gasteiger charge is -2.12. The topological polar surface area (TPSA) is 80.2 Å². The van der Waals surface area contributed by atoms with E-state index in [4.69, 9.17) is 27.9 Å². The molecule has 0 atom stereocenters. The number of nitrogens with zero attached hydrogens (tertiary/aromatic N) is 3. The first kappa shape index (κ1) is 22.9. The van der Waals surface area contributed by atoms with Crippen LogP contribution < -0.4 is 10.1 Å². The molecule has 3 aromatic rings. The van der Waals surface area contributed by atoms with Crippen molar-refractivity contribution in [2.75, 3.05) is 12.4 Å². The third kappa shape index (κ3) is 6.34. The van der Waals surface area contributed by atoms with Crippen molar-refractivity contribution in [1.29, 1.82) is 0 Å².